The Hall–Kier alpha value is -1.30. The van der Waals surface area contributed by atoms with E-state index in [4.69, 9.17) is 32.5 Å². The summed E-state index contributed by atoms with van der Waals surface area (Å²) in [6, 6.07) is 5.23. The summed E-state index contributed by atoms with van der Waals surface area (Å²) in [6.45, 7) is 2.26. The summed E-state index contributed by atoms with van der Waals surface area (Å²) in [5, 5.41) is 8.08. The predicted octanol–water partition coefficient (Wildman–Crippen LogP) is 3.11. The average molecular weight is 328 g/mol. The second kappa shape index (κ2) is 6.64. The second-order valence-electron chi connectivity index (χ2n) is 5.01. The summed E-state index contributed by atoms with van der Waals surface area (Å²) in [5.74, 6) is 2.24. The van der Waals surface area contributed by atoms with Crippen molar-refractivity contribution in [2.24, 2.45) is 5.92 Å². The van der Waals surface area contributed by atoms with E-state index in [-0.39, 0.29) is 6.61 Å². The summed E-state index contributed by atoms with van der Waals surface area (Å²) < 4.78 is 10.8. The van der Waals surface area contributed by atoms with E-state index in [1.165, 1.54) is 0 Å². The van der Waals surface area contributed by atoms with Gasteiger partial charge in [0.05, 0.1) is 5.02 Å². The maximum absolute atomic E-state index is 6.05. The molecule has 2 aromatic rings. The Morgan fingerprint density at radius 1 is 1.38 bits per heavy atom. The Morgan fingerprint density at radius 3 is 3.10 bits per heavy atom. The highest BCUT2D eigenvalue weighted by Gasteiger charge is 2.18. The fraction of sp³-hybridized carbons (Fsp3) is 0.429. The van der Waals surface area contributed by atoms with E-state index >= 15 is 0 Å². The van der Waals surface area contributed by atoms with Crippen molar-refractivity contribution in [3.8, 4) is 5.75 Å². The predicted molar refractivity (Wildman–Crippen MR) is 79.8 cm³/mol. The smallest absolute Gasteiger partial charge is 0.227 e. The first-order valence-electron chi connectivity index (χ1n) is 6.81. The zero-order valence-electron chi connectivity index (χ0n) is 11.3. The van der Waals surface area contributed by atoms with Crippen LogP contribution in [0.5, 0.6) is 5.75 Å². The van der Waals surface area contributed by atoms with Gasteiger partial charge in [-0.05, 0) is 37.6 Å². The van der Waals surface area contributed by atoms with Crippen LogP contribution in [0, 0.1) is 5.92 Å². The maximum atomic E-state index is 6.05. The zero-order chi connectivity index (χ0) is 14.7. The van der Waals surface area contributed by atoms with Gasteiger partial charge in [0.25, 0.3) is 0 Å². The van der Waals surface area contributed by atoms with Crippen LogP contribution in [-0.2, 0) is 13.0 Å². The van der Waals surface area contributed by atoms with E-state index in [0.29, 0.717) is 33.4 Å². The Balaban J connectivity index is 1.58. The number of nitrogens with one attached hydrogen (secondary N) is 1. The van der Waals surface area contributed by atoms with Gasteiger partial charge in [-0.1, -0.05) is 34.4 Å². The molecule has 3 rings (SSSR count). The molecule has 0 unspecified atom stereocenters. The minimum Gasteiger partial charge on any atom is -0.484 e. The lowest BCUT2D eigenvalue weighted by atomic mass is 10.1. The van der Waals surface area contributed by atoms with Crippen molar-refractivity contribution >= 4 is 23.2 Å². The molecule has 5 nitrogen and oxygen atoms in total. The molecule has 0 saturated carbocycles. The van der Waals surface area contributed by atoms with Crippen molar-refractivity contribution in [1.82, 2.24) is 15.5 Å². The SMILES string of the molecule is Clc1cccc(OCc2noc(C[C@H]3CCNC3)n2)c1Cl. The summed E-state index contributed by atoms with van der Waals surface area (Å²) in [4.78, 5) is 4.33. The van der Waals surface area contributed by atoms with E-state index in [2.05, 4.69) is 15.5 Å². The van der Waals surface area contributed by atoms with Gasteiger partial charge in [0.2, 0.25) is 11.7 Å². The summed E-state index contributed by atoms with van der Waals surface area (Å²) >= 11 is 12.0. The van der Waals surface area contributed by atoms with Crippen LogP contribution in [0.25, 0.3) is 0 Å². The summed E-state index contributed by atoms with van der Waals surface area (Å²) in [6.07, 6.45) is 1.95. The van der Waals surface area contributed by atoms with Crippen LogP contribution in [-0.4, -0.2) is 23.2 Å². The van der Waals surface area contributed by atoms with Crippen LogP contribution in [0.1, 0.15) is 18.1 Å². The normalized spacial score (nSPS) is 18.1. The summed E-state index contributed by atoms with van der Waals surface area (Å²) in [5.41, 5.74) is 0. The van der Waals surface area contributed by atoms with Crippen molar-refractivity contribution in [3.05, 3.63) is 40.0 Å². The molecule has 1 aliphatic heterocycles. The molecule has 21 heavy (non-hydrogen) atoms. The van der Waals surface area contributed by atoms with Gasteiger partial charge in [-0.3, -0.25) is 0 Å². The molecule has 1 saturated heterocycles. The third-order valence-electron chi connectivity index (χ3n) is 3.41. The zero-order valence-corrected chi connectivity index (χ0v) is 12.8. The van der Waals surface area contributed by atoms with Gasteiger partial charge in [-0.25, -0.2) is 0 Å². The molecular formula is C14H15Cl2N3O2. The molecule has 0 bridgehead atoms. The van der Waals surface area contributed by atoms with Crippen LogP contribution in [0.15, 0.2) is 22.7 Å². The largest absolute Gasteiger partial charge is 0.484 e. The molecule has 7 heteroatoms. The van der Waals surface area contributed by atoms with E-state index in [1.807, 2.05) is 0 Å². The molecule has 112 valence electrons. The lowest BCUT2D eigenvalue weighted by molar-refractivity contribution is 0.284. The number of ether oxygens (including phenoxy) is 1. The number of halogens is 2. The molecular weight excluding hydrogens is 313 g/mol. The quantitative estimate of drug-likeness (QED) is 0.914. The molecule has 0 aliphatic carbocycles. The molecule has 1 N–H and O–H groups in total. The van der Waals surface area contributed by atoms with Crippen molar-refractivity contribution in [3.63, 3.8) is 0 Å². The first-order valence-corrected chi connectivity index (χ1v) is 7.57. The molecule has 2 heterocycles. The number of nitrogens with zero attached hydrogens (tertiary/aromatic N) is 2. The number of aromatic nitrogens is 2. The van der Waals surface area contributed by atoms with Gasteiger partial charge in [0.15, 0.2) is 6.61 Å². The molecule has 1 aromatic heterocycles. The lowest BCUT2D eigenvalue weighted by Gasteiger charge is -2.06. The highest BCUT2D eigenvalue weighted by atomic mass is 35.5. The maximum Gasteiger partial charge on any atom is 0.227 e. The number of rotatable bonds is 5. The molecule has 1 atom stereocenters. The topological polar surface area (TPSA) is 60.2 Å². The summed E-state index contributed by atoms with van der Waals surface area (Å²) in [7, 11) is 0. The molecule has 0 amide bonds. The lowest BCUT2D eigenvalue weighted by Crippen LogP contribution is -2.11. The second-order valence-corrected chi connectivity index (χ2v) is 5.79. The molecule has 1 aromatic carbocycles. The van der Waals surface area contributed by atoms with E-state index in [1.54, 1.807) is 18.2 Å². The third kappa shape index (κ3) is 3.67. The Bertz CT molecular complexity index is 612. The van der Waals surface area contributed by atoms with Gasteiger partial charge >= 0.3 is 0 Å². The third-order valence-corrected chi connectivity index (χ3v) is 4.21. The first kappa shape index (κ1) is 14.6. The van der Waals surface area contributed by atoms with Gasteiger partial charge in [0.1, 0.15) is 10.8 Å². The standard InChI is InChI=1S/C14H15Cl2N3O2/c15-10-2-1-3-11(14(10)16)20-8-12-18-13(21-19-12)6-9-4-5-17-7-9/h1-3,9,17H,4-8H2/t9-/m1/s1. The number of hydrogen-bond acceptors (Lipinski definition) is 5. The van der Waals surface area contributed by atoms with Crippen LogP contribution in [0.2, 0.25) is 10.0 Å². The van der Waals surface area contributed by atoms with Crippen LogP contribution >= 0.6 is 23.2 Å². The number of hydrogen-bond donors (Lipinski definition) is 1. The van der Waals surface area contributed by atoms with E-state index in [9.17, 15) is 0 Å². The van der Waals surface area contributed by atoms with Crippen molar-refractivity contribution < 1.29 is 9.26 Å². The average Bonchev–Trinajstić information content (AvgIpc) is 3.13. The minimum atomic E-state index is 0.201. The Kier molecular flexibility index (Phi) is 4.63. The van der Waals surface area contributed by atoms with Crippen LogP contribution in [0.3, 0.4) is 0 Å². The highest BCUT2D eigenvalue weighted by Crippen LogP contribution is 2.31. The highest BCUT2D eigenvalue weighted by molar-refractivity contribution is 6.42. The first-order chi connectivity index (χ1) is 10.2. The molecule has 1 aliphatic rings. The van der Waals surface area contributed by atoms with Crippen molar-refractivity contribution in [1.29, 1.82) is 0 Å². The van der Waals surface area contributed by atoms with E-state index < -0.39 is 0 Å². The monoisotopic (exact) mass is 327 g/mol. The van der Waals surface area contributed by atoms with Crippen LogP contribution < -0.4 is 10.1 Å². The molecule has 0 spiro atoms. The van der Waals surface area contributed by atoms with Crippen molar-refractivity contribution in [2.75, 3.05) is 13.1 Å². The number of benzene rings is 1. The van der Waals surface area contributed by atoms with Gasteiger partial charge < -0.3 is 14.6 Å². The fourth-order valence-electron chi connectivity index (χ4n) is 2.31. The fourth-order valence-corrected chi connectivity index (χ4v) is 2.65. The van der Waals surface area contributed by atoms with Crippen molar-refractivity contribution in [2.45, 2.75) is 19.4 Å². The van der Waals surface area contributed by atoms with Gasteiger partial charge in [0, 0.05) is 6.42 Å². The molecule has 1 fully saturated rings. The Morgan fingerprint density at radius 2 is 2.29 bits per heavy atom. The van der Waals surface area contributed by atoms with E-state index in [0.717, 1.165) is 25.9 Å². The minimum absolute atomic E-state index is 0.201. The van der Waals surface area contributed by atoms with Gasteiger partial charge in [-0.2, -0.15) is 4.98 Å². The van der Waals surface area contributed by atoms with Crippen LogP contribution in [0.4, 0.5) is 0 Å². The van der Waals surface area contributed by atoms with Gasteiger partial charge in [-0.15, -0.1) is 0 Å². The molecule has 0 radical (unpaired) electrons. The Labute approximate surface area is 132 Å².